The van der Waals surface area contributed by atoms with Crippen LogP contribution in [0.15, 0.2) is 0 Å². The van der Waals surface area contributed by atoms with Crippen molar-refractivity contribution in [3.05, 3.63) is 0 Å². The maximum Gasteiger partial charge on any atom is 0.221 e. The Kier molecular flexibility index (Phi) is 4.74. The highest BCUT2D eigenvalue weighted by Crippen LogP contribution is 2.23. The van der Waals surface area contributed by atoms with Crippen LogP contribution in [0, 0.1) is 5.92 Å². The first-order chi connectivity index (χ1) is 7.37. The number of aliphatic hydroxyl groups excluding tert-OH is 1. The van der Waals surface area contributed by atoms with E-state index in [1.54, 1.807) is 0 Å². The van der Waals surface area contributed by atoms with Gasteiger partial charge in [-0.1, -0.05) is 6.42 Å². The molecule has 0 aromatic carbocycles. The monoisotopic (exact) mass is 228 g/mol. The SMILES string of the molecule is CC(C)(N)CC(=O)NCC1CCCC(O)C1. The van der Waals surface area contributed by atoms with Gasteiger partial charge < -0.3 is 16.2 Å². The lowest BCUT2D eigenvalue weighted by Gasteiger charge is -2.26. The number of hydrogen-bond donors (Lipinski definition) is 3. The van der Waals surface area contributed by atoms with Crippen molar-refractivity contribution in [3.8, 4) is 0 Å². The molecule has 0 aromatic rings. The zero-order valence-electron chi connectivity index (χ0n) is 10.3. The van der Waals surface area contributed by atoms with Gasteiger partial charge in [-0.05, 0) is 39.0 Å². The molecule has 2 atom stereocenters. The molecule has 1 aliphatic carbocycles. The highest BCUT2D eigenvalue weighted by atomic mass is 16.3. The molecular weight excluding hydrogens is 204 g/mol. The second-order valence-corrected chi connectivity index (χ2v) is 5.66. The van der Waals surface area contributed by atoms with Crippen LogP contribution in [-0.2, 0) is 4.79 Å². The van der Waals surface area contributed by atoms with E-state index in [0.29, 0.717) is 18.9 Å². The van der Waals surface area contributed by atoms with Crippen molar-refractivity contribution >= 4 is 5.91 Å². The minimum Gasteiger partial charge on any atom is -0.393 e. The Morgan fingerprint density at radius 3 is 2.75 bits per heavy atom. The summed E-state index contributed by atoms with van der Waals surface area (Å²) in [5.41, 5.74) is 5.32. The van der Waals surface area contributed by atoms with Crippen LogP contribution in [0.3, 0.4) is 0 Å². The molecule has 0 saturated heterocycles. The molecule has 0 aromatic heterocycles. The zero-order valence-corrected chi connectivity index (χ0v) is 10.3. The van der Waals surface area contributed by atoms with Crippen molar-refractivity contribution in [2.75, 3.05) is 6.54 Å². The minimum absolute atomic E-state index is 0.00700. The maximum atomic E-state index is 11.5. The first-order valence-corrected chi connectivity index (χ1v) is 6.10. The Bertz CT molecular complexity index is 236. The van der Waals surface area contributed by atoms with E-state index in [4.69, 9.17) is 5.73 Å². The van der Waals surface area contributed by atoms with Crippen LogP contribution in [0.2, 0.25) is 0 Å². The molecule has 4 N–H and O–H groups in total. The molecule has 1 aliphatic rings. The smallest absolute Gasteiger partial charge is 0.221 e. The third-order valence-electron chi connectivity index (χ3n) is 2.96. The lowest BCUT2D eigenvalue weighted by molar-refractivity contribution is -0.122. The first-order valence-electron chi connectivity index (χ1n) is 6.10. The molecule has 0 spiro atoms. The summed E-state index contributed by atoms with van der Waals surface area (Å²) in [6, 6.07) is 0. The quantitative estimate of drug-likeness (QED) is 0.665. The Morgan fingerprint density at radius 2 is 2.19 bits per heavy atom. The summed E-state index contributed by atoms with van der Waals surface area (Å²) in [6.45, 7) is 4.36. The number of nitrogens with two attached hydrogens (primary N) is 1. The predicted molar refractivity (Wildman–Crippen MR) is 63.9 cm³/mol. The summed E-state index contributed by atoms with van der Waals surface area (Å²) in [5.74, 6) is 0.432. The molecular formula is C12H24N2O2. The van der Waals surface area contributed by atoms with Gasteiger partial charge in [0.05, 0.1) is 6.10 Å². The number of aliphatic hydroxyl groups is 1. The number of carbonyl (C=O) groups is 1. The molecule has 16 heavy (non-hydrogen) atoms. The number of amides is 1. The summed E-state index contributed by atoms with van der Waals surface area (Å²) in [6.07, 6.45) is 4.05. The molecule has 0 radical (unpaired) electrons. The van der Waals surface area contributed by atoms with Crippen molar-refractivity contribution in [2.45, 2.75) is 57.6 Å². The van der Waals surface area contributed by atoms with Crippen LogP contribution in [0.5, 0.6) is 0 Å². The topological polar surface area (TPSA) is 75.4 Å². The Morgan fingerprint density at radius 1 is 1.50 bits per heavy atom. The van der Waals surface area contributed by atoms with E-state index in [9.17, 15) is 9.90 Å². The highest BCUT2D eigenvalue weighted by molar-refractivity contribution is 5.77. The van der Waals surface area contributed by atoms with Crippen molar-refractivity contribution < 1.29 is 9.90 Å². The second kappa shape index (κ2) is 5.64. The molecule has 1 amide bonds. The van der Waals surface area contributed by atoms with Crippen LogP contribution in [-0.4, -0.2) is 29.2 Å². The average molecular weight is 228 g/mol. The molecule has 1 fully saturated rings. The Labute approximate surface area is 97.6 Å². The van der Waals surface area contributed by atoms with Gasteiger partial charge in [0.15, 0.2) is 0 Å². The summed E-state index contributed by atoms with van der Waals surface area (Å²) >= 11 is 0. The molecule has 4 nitrogen and oxygen atoms in total. The Hall–Kier alpha value is -0.610. The standard InChI is InChI=1S/C12H24N2O2/c1-12(2,13)7-11(16)14-8-9-4-3-5-10(15)6-9/h9-10,15H,3-8,13H2,1-2H3,(H,14,16). The van der Waals surface area contributed by atoms with E-state index >= 15 is 0 Å². The minimum atomic E-state index is -0.448. The molecule has 1 saturated carbocycles. The second-order valence-electron chi connectivity index (χ2n) is 5.66. The van der Waals surface area contributed by atoms with Crippen LogP contribution in [0.25, 0.3) is 0 Å². The zero-order chi connectivity index (χ0) is 12.2. The van der Waals surface area contributed by atoms with E-state index in [2.05, 4.69) is 5.32 Å². The molecule has 4 heteroatoms. The Balaban J connectivity index is 2.21. The lowest BCUT2D eigenvalue weighted by Crippen LogP contribution is -2.41. The fourth-order valence-corrected chi connectivity index (χ4v) is 2.18. The average Bonchev–Trinajstić information content (AvgIpc) is 2.12. The summed E-state index contributed by atoms with van der Waals surface area (Å²) < 4.78 is 0. The van der Waals surface area contributed by atoms with Crippen molar-refractivity contribution in [1.29, 1.82) is 0 Å². The van der Waals surface area contributed by atoms with Gasteiger partial charge in [0.1, 0.15) is 0 Å². The molecule has 1 rings (SSSR count). The maximum absolute atomic E-state index is 11.5. The van der Waals surface area contributed by atoms with Crippen molar-refractivity contribution in [1.82, 2.24) is 5.32 Å². The number of nitrogens with one attached hydrogen (secondary N) is 1. The van der Waals surface area contributed by atoms with E-state index < -0.39 is 5.54 Å². The van der Waals surface area contributed by atoms with Crippen LogP contribution in [0.1, 0.15) is 46.0 Å². The molecule has 2 unspecified atom stereocenters. The third kappa shape index (κ3) is 5.47. The van der Waals surface area contributed by atoms with Gasteiger partial charge in [-0.15, -0.1) is 0 Å². The fraction of sp³-hybridized carbons (Fsp3) is 0.917. The van der Waals surface area contributed by atoms with Gasteiger partial charge in [0.25, 0.3) is 0 Å². The van der Waals surface area contributed by atoms with E-state index in [0.717, 1.165) is 25.7 Å². The number of hydrogen-bond acceptors (Lipinski definition) is 3. The van der Waals surface area contributed by atoms with Crippen LogP contribution < -0.4 is 11.1 Å². The van der Waals surface area contributed by atoms with Crippen LogP contribution in [0.4, 0.5) is 0 Å². The molecule has 94 valence electrons. The van der Waals surface area contributed by atoms with Gasteiger partial charge in [-0.3, -0.25) is 4.79 Å². The fourth-order valence-electron chi connectivity index (χ4n) is 2.18. The van der Waals surface area contributed by atoms with Gasteiger partial charge in [-0.2, -0.15) is 0 Å². The van der Waals surface area contributed by atoms with E-state index in [1.165, 1.54) is 0 Å². The van der Waals surface area contributed by atoms with Gasteiger partial charge in [0.2, 0.25) is 5.91 Å². The van der Waals surface area contributed by atoms with E-state index in [-0.39, 0.29) is 12.0 Å². The third-order valence-corrected chi connectivity index (χ3v) is 2.96. The summed E-state index contributed by atoms with van der Waals surface area (Å²) in [7, 11) is 0. The van der Waals surface area contributed by atoms with Gasteiger partial charge in [-0.25, -0.2) is 0 Å². The summed E-state index contributed by atoms with van der Waals surface area (Å²) in [4.78, 5) is 11.5. The molecule has 0 bridgehead atoms. The summed E-state index contributed by atoms with van der Waals surface area (Å²) in [5, 5.41) is 12.4. The highest BCUT2D eigenvalue weighted by Gasteiger charge is 2.21. The number of rotatable bonds is 4. The van der Waals surface area contributed by atoms with Gasteiger partial charge in [0, 0.05) is 18.5 Å². The molecule has 0 aliphatic heterocycles. The first kappa shape index (κ1) is 13.5. The lowest BCUT2D eigenvalue weighted by atomic mass is 9.87. The van der Waals surface area contributed by atoms with Crippen molar-refractivity contribution in [2.24, 2.45) is 11.7 Å². The molecule has 0 heterocycles. The predicted octanol–water partition coefficient (Wildman–Crippen LogP) is 0.781. The normalized spacial score (nSPS) is 26.5. The van der Waals surface area contributed by atoms with E-state index in [1.807, 2.05) is 13.8 Å². The largest absolute Gasteiger partial charge is 0.393 e. The van der Waals surface area contributed by atoms with Crippen molar-refractivity contribution in [3.63, 3.8) is 0 Å². The number of carbonyl (C=O) groups excluding carboxylic acids is 1. The van der Waals surface area contributed by atoms with Crippen LogP contribution >= 0.6 is 0 Å². The van der Waals surface area contributed by atoms with Gasteiger partial charge >= 0.3 is 0 Å².